The largest absolute Gasteiger partial charge is 0.348 e. The monoisotopic (exact) mass is 394 g/mol. The number of piperidine rings is 1. The van der Waals surface area contributed by atoms with Gasteiger partial charge in [-0.2, -0.15) is 0 Å². The van der Waals surface area contributed by atoms with E-state index in [0.29, 0.717) is 17.1 Å². The lowest BCUT2D eigenvalue weighted by Crippen LogP contribution is -2.62. The molecule has 2 aliphatic rings. The Morgan fingerprint density at radius 1 is 1.25 bits per heavy atom. The molecule has 144 valence electrons. The van der Waals surface area contributed by atoms with E-state index in [2.05, 4.69) is 23.3 Å². The van der Waals surface area contributed by atoms with Crippen molar-refractivity contribution in [2.24, 2.45) is 0 Å². The van der Waals surface area contributed by atoms with E-state index >= 15 is 0 Å². The highest BCUT2D eigenvalue weighted by atomic mass is 35.5. The average molecular weight is 395 g/mol. The van der Waals surface area contributed by atoms with Crippen LogP contribution < -0.4 is 10.6 Å². The molecular weight excluding hydrogens is 372 g/mol. The highest BCUT2D eigenvalue weighted by Crippen LogP contribution is 2.54. The summed E-state index contributed by atoms with van der Waals surface area (Å²) in [6.45, 7) is 8.21. The molecule has 28 heavy (non-hydrogen) atoms. The van der Waals surface area contributed by atoms with Gasteiger partial charge in [0.1, 0.15) is 5.41 Å². The Bertz CT molecular complexity index is 1000. The fraction of sp³-hybridized carbons (Fsp3) is 0.304. The number of halogens is 1. The van der Waals surface area contributed by atoms with Crippen molar-refractivity contribution in [2.75, 3.05) is 5.32 Å². The Morgan fingerprint density at radius 3 is 2.75 bits per heavy atom. The van der Waals surface area contributed by atoms with Crippen molar-refractivity contribution in [1.29, 1.82) is 0 Å². The second-order valence-corrected chi connectivity index (χ2v) is 8.13. The molecule has 0 bridgehead atoms. The van der Waals surface area contributed by atoms with Gasteiger partial charge in [-0.3, -0.25) is 9.59 Å². The summed E-state index contributed by atoms with van der Waals surface area (Å²) < 4.78 is 0. The molecule has 2 amide bonds. The van der Waals surface area contributed by atoms with Crippen LogP contribution in [0.3, 0.4) is 0 Å². The molecule has 2 N–H and O–H groups in total. The Labute approximate surface area is 170 Å². The fourth-order valence-electron chi connectivity index (χ4n) is 4.74. The van der Waals surface area contributed by atoms with Crippen molar-refractivity contribution < 1.29 is 9.59 Å². The molecular formula is C23H23ClN2O2. The van der Waals surface area contributed by atoms with Gasteiger partial charge in [0.15, 0.2) is 0 Å². The molecule has 1 spiro atoms. The number of benzene rings is 2. The van der Waals surface area contributed by atoms with E-state index in [1.807, 2.05) is 38.1 Å². The van der Waals surface area contributed by atoms with Crippen molar-refractivity contribution in [1.82, 2.24) is 5.32 Å². The number of carbonyl (C=O) groups is 2. The predicted molar refractivity (Wildman–Crippen MR) is 112 cm³/mol. The van der Waals surface area contributed by atoms with Crippen LogP contribution >= 0.6 is 11.6 Å². The zero-order valence-electron chi connectivity index (χ0n) is 16.0. The van der Waals surface area contributed by atoms with Crippen LogP contribution in [0.2, 0.25) is 5.02 Å². The third-order valence-corrected chi connectivity index (χ3v) is 6.29. The molecule has 1 saturated heterocycles. The van der Waals surface area contributed by atoms with Crippen LogP contribution in [0.15, 0.2) is 54.6 Å². The molecule has 0 radical (unpaired) electrons. The third-order valence-electron chi connectivity index (χ3n) is 6.06. The molecule has 0 aromatic heterocycles. The summed E-state index contributed by atoms with van der Waals surface area (Å²) in [4.78, 5) is 26.2. The molecule has 2 aromatic rings. The molecule has 5 heteroatoms. The van der Waals surface area contributed by atoms with E-state index in [1.54, 1.807) is 12.1 Å². The molecule has 0 aliphatic carbocycles. The van der Waals surface area contributed by atoms with E-state index in [-0.39, 0.29) is 24.2 Å². The minimum atomic E-state index is -0.950. The van der Waals surface area contributed by atoms with Crippen LogP contribution in [-0.4, -0.2) is 17.9 Å². The molecule has 1 fully saturated rings. The van der Waals surface area contributed by atoms with Gasteiger partial charge in [-0.1, -0.05) is 66.6 Å². The Balaban J connectivity index is 2.01. The first kappa shape index (κ1) is 18.8. The maximum Gasteiger partial charge on any atom is 0.238 e. The summed E-state index contributed by atoms with van der Waals surface area (Å²) in [5.74, 6) is -0.473. The predicted octanol–water partition coefficient (Wildman–Crippen LogP) is 4.48. The van der Waals surface area contributed by atoms with E-state index in [4.69, 9.17) is 11.6 Å². The average Bonchev–Trinajstić information content (AvgIpc) is 2.94. The lowest BCUT2D eigenvalue weighted by molar-refractivity contribution is -0.130. The molecule has 2 aromatic carbocycles. The first-order chi connectivity index (χ1) is 13.4. The standard InChI is InChI=1S/C23H23ClN2O2/c1-4-14(3)21-23(17-9-8-16(24)11-19(17)25-22(23)28)18(12-20(27)26-21)15-7-5-6-13(2)10-15/h5-11,18,21H,3-4,12H2,1-2H3,(H,25,28)(H,26,27)/t18-,21+,23-/m0/s1. The minimum absolute atomic E-state index is 0.0630. The fourth-order valence-corrected chi connectivity index (χ4v) is 4.91. The van der Waals surface area contributed by atoms with Crippen molar-refractivity contribution in [3.8, 4) is 0 Å². The number of fused-ring (bicyclic) bond motifs is 2. The van der Waals surface area contributed by atoms with E-state index in [1.165, 1.54) is 0 Å². The minimum Gasteiger partial charge on any atom is -0.348 e. The molecule has 2 heterocycles. The van der Waals surface area contributed by atoms with Gasteiger partial charge in [0.25, 0.3) is 0 Å². The van der Waals surface area contributed by atoms with Crippen LogP contribution in [-0.2, 0) is 15.0 Å². The van der Waals surface area contributed by atoms with Crippen molar-refractivity contribution in [3.05, 3.63) is 76.3 Å². The van der Waals surface area contributed by atoms with Crippen LogP contribution in [0.25, 0.3) is 0 Å². The van der Waals surface area contributed by atoms with Crippen LogP contribution in [0.1, 0.15) is 42.4 Å². The van der Waals surface area contributed by atoms with E-state index < -0.39 is 11.5 Å². The number of hydrogen-bond donors (Lipinski definition) is 2. The maximum atomic E-state index is 13.6. The molecule has 2 aliphatic heterocycles. The lowest BCUT2D eigenvalue weighted by atomic mass is 9.59. The van der Waals surface area contributed by atoms with Crippen molar-refractivity contribution >= 4 is 29.1 Å². The van der Waals surface area contributed by atoms with Crippen LogP contribution in [0.5, 0.6) is 0 Å². The summed E-state index contributed by atoms with van der Waals surface area (Å²) in [6.07, 6.45) is 0.913. The van der Waals surface area contributed by atoms with Crippen LogP contribution in [0, 0.1) is 6.92 Å². The zero-order valence-corrected chi connectivity index (χ0v) is 16.8. The SMILES string of the molecule is C=C(CC)[C@H]1NC(=O)C[C@@H](c2cccc(C)c2)[C@]12C(=O)Nc1cc(Cl)ccc12. The number of anilines is 1. The summed E-state index contributed by atoms with van der Waals surface area (Å²) in [5.41, 5.74) is 3.55. The zero-order chi connectivity index (χ0) is 20.1. The highest BCUT2D eigenvalue weighted by Gasteiger charge is 2.61. The van der Waals surface area contributed by atoms with Crippen LogP contribution in [0.4, 0.5) is 5.69 Å². The van der Waals surface area contributed by atoms with E-state index in [9.17, 15) is 9.59 Å². The van der Waals surface area contributed by atoms with Gasteiger partial charge in [0.2, 0.25) is 11.8 Å². The molecule has 4 nitrogen and oxygen atoms in total. The van der Waals surface area contributed by atoms with Gasteiger partial charge in [-0.25, -0.2) is 0 Å². The summed E-state index contributed by atoms with van der Waals surface area (Å²) in [6, 6.07) is 13.1. The van der Waals surface area contributed by atoms with Gasteiger partial charge in [-0.15, -0.1) is 0 Å². The number of carbonyl (C=O) groups excluding carboxylic acids is 2. The normalized spacial score (nSPS) is 26.0. The first-order valence-electron chi connectivity index (χ1n) is 9.53. The lowest BCUT2D eigenvalue weighted by Gasteiger charge is -2.47. The van der Waals surface area contributed by atoms with Crippen molar-refractivity contribution in [3.63, 3.8) is 0 Å². The summed E-state index contributed by atoms with van der Waals surface area (Å²) in [5, 5.41) is 6.65. The Kier molecular flexibility index (Phi) is 4.54. The molecule has 3 atom stereocenters. The Hall–Kier alpha value is -2.59. The number of hydrogen-bond acceptors (Lipinski definition) is 2. The van der Waals surface area contributed by atoms with Gasteiger partial charge in [-0.05, 0) is 36.6 Å². The van der Waals surface area contributed by atoms with E-state index in [0.717, 1.165) is 22.3 Å². The summed E-state index contributed by atoms with van der Waals surface area (Å²) >= 11 is 6.18. The third kappa shape index (κ3) is 2.67. The van der Waals surface area contributed by atoms with Gasteiger partial charge in [0.05, 0.1) is 6.04 Å². The molecule has 4 rings (SSSR count). The van der Waals surface area contributed by atoms with Gasteiger partial charge in [0, 0.05) is 23.0 Å². The first-order valence-corrected chi connectivity index (χ1v) is 9.90. The Morgan fingerprint density at radius 2 is 2.04 bits per heavy atom. The van der Waals surface area contributed by atoms with Crippen molar-refractivity contribution in [2.45, 2.75) is 44.1 Å². The smallest absolute Gasteiger partial charge is 0.238 e. The quantitative estimate of drug-likeness (QED) is 0.754. The second kappa shape index (κ2) is 6.78. The number of aryl methyl sites for hydroxylation is 1. The highest BCUT2D eigenvalue weighted by molar-refractivity contribution is 6.31. The maximum absolute atomic E-state index is 13.6. The molecule has 0 saturated carbocycles. The summed E-state index contributed by atoms with van der Waals surface area (Å²) in [7, 11) is 0. The number of nitrogens with one attached hydrogen (secondary N) is 2. The number of rotatable bonds is 3. The number of amides is 2. The second-order valence-electron chi connectivity index (χ2n) is 7.70. The molecule has 0 unspecified atom stereocenters. The van der Waals surface area contributed by atoms with Gasteiger partial charge < -0.3 is 10.6 Å². The van der Waals surface area contributed by atoms with Gasteiger partial charge >= 0.3 is 0 Å². The topological polar surface area (TPSA) is 58.2 Å².